The molecule has 0 saturated carbocycles. The highest BCUT2D eigenvalue weighted by atomic mass is 127. The zero-order chi connectivity index (χ0) is 18.2. The summed E-state index contributed by atoms with van der Waals surface area (Å²) in [5.41, 5.74) is 3.05. The molecule has 2 aromatic rings. The average Bonchev–Trinajstić information content (AvgIpc) is 3.02. The normalized spacial score (nSPS) is 10.8. The second-order valence-electron chi connectivity index (χ2n) is 6.19. The van der Waals surface area contributed by atoms with E-state index in [0.717, 1.165) is 31.0 Å². The molecule has 1 amide bonds. The molecule has 6 nitrogen and oxygen atoms in total. The van der Waals surface area contributed by atoms with Crippen molar-refractivity contribution in [2.75, 3.05) is 27.7 Å². The standard InChI is InChI=1S/C19H27N5O.HI/c1-20-19(22-13-16-9-11-24(4)14-16)21-10-8-15-6-5-7-17(12-15)18(25)23(2)3;/h5-7,9,11-12,14H,8,10,13H2,1-4H3,(H2,20,21,22);1H. The summed E-state index contributed by atoms with van der Waals surface area (Å²) in [5, 5.41) is 6.60. The number of carbonyl (C=O) groups excluding carboxylic acids is 1. The van der Waals surface area contributed by atoms with E-state index >= 15 is 0 Å². The number of benzene rings is 1. The van der Waals surface area contributed by atoms with Crippen LogP contribution in [0.5, 0.6) is 0 Å². The Balaban J connectivity index is 0.00000338. The van der Waals surface area contributed by atoms with Gasteiger partial charge in [0.15, 0.2) is 5.96 Å². The summed E-state index contributed by atoms with van der Waals surface area (Å²) in [6.45, 7) is 1.47. The molecular weight excluding hydrogens is 441 g/mol. The third-order valence-corrected chi connectivity index (χ3v) is 3.86. The van der Waals surface area contributed by atoms with E-state index in [9.17, 15) is 4.79 Å². The first-order valence-electron chi connectivity index (χ1n) is 8.35. The molecule has 0 saturated heterocycles. The van der Waals surface area contributed by atoms with Crippen molar-refractivity contribution in [2.45, 2.75) is 13.0 Å². The molecule has 0 radical (unpaired) electrons. The van der Waals surface area contributed by atoms with Crippen molar-refractivity contribution >= 4 is 35.8 Å². The van der Waals surface area contributed by atoms with Crippen LogP contribution in [0.2, 0.25) is 0 Å². The van der Waals surface area contributed by atoms with Crippen LogP contribution in [0.25, 0.3) is 0 Å². The summed E-state index contributed by atoms with van der Waals surface area (Å²) in [7, 11) is 7.29. The van der Waals surface area contributed by atoms with E-state index in [1.54, 1.807) is 26.0 Å². The van der Waals surface area contributed by atoms with Crippen LogP contribution in [0.1, 0.15) is 21.5 Å². The maximum Gasteiger partial charge on any atom is 0.253 e. The van der Waals surface area contributed by atoms with Crippen LogP contribution in [0.15, 0.2) is 47.7 Å². The van der Waals surface area contributed by atoms with E-state index in [1.807, 2.05) is 42.1 Å². The van der Waals surface area contributed by atoms with Gasteiger partial charge in [-0.15, -0.1) is 24.0 Å². The van der Waals surface area contributed by atoms with Crippen molar-refractivity contribution in [3.8, 4) is 0 Å². The predicted molar refractivity (Wildman–Crippen MR) is 117 cm³/mol. The van der Waals surface area contributed by atoms with E-state index in [0.29, 0.717) is 5.56 Å². The number of guanidine groups is 1. The molecule has 2 rings (SSSR count). The lowest BCUT2D eigenvalue weighted by molar-refractivity contribution is 0.0827. The van der Waals surface area contributed by atoms with Crippen molar-refractivity contribution in [2.24, 2.45) is 12.0 Å². The van der Waals surface area contributed by atoms with Crippen LogP contribution in [0, 0.1) is 0 Å². The van der Waals surface area contributed by atoms with E-state index in [-0.39, 0.29) is 29.9 Å². The molecule has 26 heavy (non-hydrogen) atoms. The molecule has 7 heteroatoms. The summed E-state index contributed by atoms with van der Waals surface area (Å²) in [5.74, 6) is 0.791. The largest absolute Gasteiger partial charge is 0.357 e. The number of nitrogens with zero attached hydrogens (tertiary/aromatic N) is 3. The van der Waals surface area contributed by atoms with E-state index in [2.05, 4.69) is 27.9 Å². The highest BCUT2D eigenvalue weighted by molar-refractivity contribution is 14.0. The van der Waals surface area contributed by atoms with Gasteiger partial charge in [0.1, 0.15) is 0 Å². The number of hydrogen-bond donors (Lipinski definition) is 2. The summed E-state index contributed by atoms with van der Waals surface area (Å²) < 4.78 is 2.02. The monoisotopic (exact) mass is 469 g/mol. The first kappa shape index (κ1) is 22.0. The topological polar surface area (TPSA) is 61.7 Å². The molecule has 142 valence electrons. The number of halogens is 1. The summed E-state index contributed by atoms with van der Waals surface area (Å²) in [6, 6.07) is 9.83. The Labute approximate surface area is 172 Å². The average molecular weight is 469 g/mol. The van der Waals surface area contributed by atoms with Crippen molar-refractivity contribution in [1.82, 2.24) is 20.1 Å². The minimum atomic E-state index is 0. The number of aromatic nitrogens is 1. The van der Waals surface area contributed by atoms with Crippen LogP contribution in [0.3, 0.4) is 0 Å². The first-order valence-corrected chi connectivity index (χ1v) is 8.35. The molecule has 0 aliphatic heterocycles. The maximum atomic E-state index is 12.0. The third-order valence-electron chi connectivity index (χ3n) is 3.86. The van der Waals surface area contributed by atoms with Gasteiger partial charge in [-0.25, -0.2) is 0 Å². The van der Waals surface area contributed by atoms with Crippen LogP contribution < -0.4 is 10.6 Å². The Morgan fingerprint density at radius 1 is 1.19 bits per heavy atom. The van der Waals surface area contributed by atoms with Crippen LogP contribution in [-0.2, 0) is 20.0 Å². The molecule has 1 aromatic carbocycles. The fourth-order valence-electron chi connectivity index (χ4n) is 2.52. The molecule has 0 fully saturated rings. The number of aliphatic imine (C=N–C) groups is 1. The summed E-state index contributed by atoms with van der Waals surface area (Å²) in [6.07, 6.45) is 4.92. The highest BCUT2D eigenvalue weighted by Crippen LogP contribution is 2.07. The SMILES string of the molecule is CN=C(NCCc1cccc(C(=O)N(C)C)c1)NCc1ccn(C)c1.I. The molecule has 0 unspecified atom stereocenters. The van der Waals surface area contributed by atoms with Crippen molar-refractivity contribution < 1.29 is 4.79 Å². The van der Waals surface area contributed by atoms with Gasteiger partial charge in [-0.2, -0.15) is 0 Å². The van der Waals surface area contributed by atoms with Gasteiger partial charge in [0.25, 0.3) is 5.91 Å². The Morgan fingerprint density at radius 3 is 2.58 bits per heavy atom. The number of carbonyl (C=O) groups is 1. The smallest absolute Gasteiger partial charge is 0.253 e. The summed E-state index contributed by atoms with van der Waals surface area (Å²) in [4.78, 5) is 17.9. The van der Waals surface area contributed by atoms with Gasteiger partial charge in [0, 0.05) is 59.2 Å². The molecule has 1 aromatic heterocycles. The van der Waals surface area contributed by atoms with E-state index in [4.69, 9.17) is 0 Å². The Hall–Kier alpha value is -2.03. The molecule has 2 N–H and O–H groups in total. The maximum absolute atomic E-state index is 12.0. The minimum absolute atomic E-state index is 0. The molecule has 1 heterocycles. The second kappa shape index (κ2) is 10.8. The molecular formula is C19H28IN5O. The molecule has 0 aliphatic carbocycles. The summed E-state index contributed by atoms with van der Waals surface area (Å²) >= 11 is 0. The Morgan fingerprint density at radius 2 is 1.96 bits per heavy atom. The lowest BCUT2D eigenvalue weighted by Crippen LogP contribution is -2.37. The van der Waals surface area contributed by atoms with E-state index in [1.165, 1.54) is 5.56 Å². The highest BCUT2D eigenvalue weighted by Gasteiger charge is 2.08. The van der Waals surface area contributed by atoms with Crippen molar-refractivity contribution in [3.05, 3.63) is 59.4 Å². The Bertz CT molecular complexity index is 739. The van der Waals surface area contributed by atoms with Gasteiger partial charge in [-0.05, 0) is 35.7 Å². The van der Waals surface area contributed by atoms with Gasteiger partial charge in [-0.3, -0.25) is 9.79 Å². The fraction of sp³-hybridized carbons (Fsp3) is 0.368. The Kier molecular flexibility index (Phi) is 9.18. The van der Waals surface area contributed by atoms with Crippen LogP contribution in [-0.4, -0.2) is 49.0 Å². The number of rotatable bonds is 6. The first-order chi connectivity index (χ1) is 12.0. The molecule has 0 atom stereocenters. The fourth-order valence-corrected chi connectivity index (χ4v) is 2.52. The number of hydrogen-bond acceptors (Lipinski definition) is 2. The van der Waals surface area contributed by atoms with Crippen LogP contribution in [0.4, 0.5) is 0 Å². The van der Waals surface area contributed by atoms with Crippen molar-refractivity contribution in [1.29, 1.82) is 0 Å². The zero-order valence-corrected chi connectivity index (χ0v) is 18.2. The number of amides is 1. The lowest BCUT2D eigenvalue weighted by atomic mass is 10.1. The van der Waals surface area contributed by atoms with Gasteiger partial charge in [-0.1, -0.05) is 12.1 Å². The van der Waals surface area contributed by atoms with Crippen molar-refractivity contribution in [3.63, 3.8) is 0 Å². The second-order valence-corrected chi connectivity index (χ2v) is 6.19. The quantitative estimate of drug-likeness (QED) is 0.388. The number of nitrogens with one attached hydrogen (secondary N) is 2. The molecule has 0 spiro atoms. The predicted octanol–water partition coefficient (Wildman–Crippen LogP) is 2.25. The zero-order valence-electron chi connectivity index (χ0n) is 15.8. The van der Waals surface area contributed by atoms with E-state index < -0.39 is 0 Å². The molecule has 0 bridgehead atoms. The third kappa shape index (κ3) is 6.70. The number of aryl methyl sites for hydroxylation is 1. The van der Waals surface area contributed by atoms with Crippen LogP contribution >= 0.6 is 24.0 Å². The van der Waals surface area contributed by atoms with Gasteiger partial charge < -0.3 is 20.1 Å². The molecule has 0 aliphatic rings. The van der Waals surface area contributed by atoms with Gasteiger partial charge in [0.05, 0.1) is 0 Å². The lowest BCUT2D eigenvalue weighted by Gasteiger charge is -2.13. The minimum Gasteiger partial charge on any atom is -0.357 e. The van der Waals surface area contributed by atoms with Gasteiger partial charge in [0.2, 0.25) is 0 Å². The van der Waals surface area contributed by atoms with Gasteiger partial charge >= 0.3 is 0 Å².